The van der Waals surface area contributed by atoms with E-state index in [1.165, 1.54) is 96.3 Å². The number of carbonyl (C=O) groups is 3. The molecule has 0 bridgehead atoms. The van der Waals surface area contributed by atoms with Crippen molar-refractivity contribution in [3.05, 3.63) is 36.5 Å². The van der Waals surface area contributed by atoms with Gasteiger partial charge >= 0.3 is 17.9 Å². The van der Waals surface area contributed by atoms with Gasteiger partial charge in [0.2, 0.25) is 0 Å². The Kier molecular flexibility index (Phi) is 10.6. The molecule has 3 heterocycles. The lowest BCUT2D eigenvalue weighted by Crippen LogP contribution is -2.33. The second-order valence-electron chi connectivity index (χ2n) is 15.4. The van der Waals surface area contributed by atoms with Gasteiger partial charge in [-0.3, -0.25) is 0 Å². The van der Waals surface area contributed by atoms with Crippen molar-refractivity contribution in [2.24, 2.45) is 41.4 Å². The highest BCUT2D eigenvalue weighted by Gasteiger charge is 2.48. The molecule has 8 aliphatic rings. The lowest BCUT2D eigenvalue weighted by atomic mass is 9.65. The molecule has 5 saturated carbocycles. The molecule has 0 aromatic heterocycles. The Morgan fingerprint density at radius 2 is 0.911 bits per heavy atom. The van der Waals surface area contributed by atoms with Crippen LogP contribution >= 0.6 is 0 Å². The molecule has 10 atom stereocenters. The Balaban J connectivity index is 0.000000119. The first-order chi connectivity index (χ1) is 21.8. The van der Waals surface area contributed by atoms with Crippen LogP contribution in [0.3, 0.4) is 0 Å². The molecule has 45 heavy (non-hydrogen) atoms. The van der Waals surface area contributed by atoms with E-state index in [2.05, 4.69) is 19.7 Å². The highest BCUT2D eigenvalue weighted by molar-refractivity contribution is 5.91. The molecule has 8 rings (SSSR count). The summed E-state index contributed by atoms with van der Waals surface area (Å²) >= 11 is 0. The topological polar surface area (TPSA) is 78.9 Å². The molecule has 10 unspecified atom stereocenters. The second kappa shape index (κ2) is 14.6. The number of esters is 3. The van der Waals surface area contributed by atoms with Gasteiger partial charge in [-0.25, -0.2) is 14.4 Å². The summed E-state index contributed by atoms with van der Waals surface area (Å²) in [5, 5.41) is 0. The van der Waals surface area contributed by atoms with Crippen LogP contribution in [-0.2, 0) is 28.6 Å². The summed E-state index contributed by atoms with van der Waals surface area (Å²) in [5.74, 6) is 3.79. The maximum absolute atomic E-state index is 11.5. The molecular formula is C39H56O6. The third kappa shape index (κ3) is 7.15. The molecule has 0 spiro atoms. The summed E-state index contributed by atoms with van der Waals surface area (Å²) in [6.45, 7) is 11.7. The molecule has 8 fully saturated rings. The zero-order chi connectivity index (χ0) is 31.5. The normalized spacial score (nSPS) is 40.8. The molecule has 6 heteroatoms. The van der Waals surface area contributed by atoms with Gasteiger partial charge in [-0.05, 0) is 81.5 Å². The number of rotatable bonds is 0. The SMILES string of the molecule is C=C1C(=O)OC2C1CCCC1CCCC12.C=C1C(=O)OC2CC3CCC3CCCC12.C=C1C(=O)OC2CCCCCCCCC12. The standard InChI is InChI=1S/2C13H18O2.C13H20O2/c1-8-10-6-2-4-9-5-3-7-11(9)12(10)15-13(8)14;1-8-11-4-2-3-9-5-6-10(9)7-12(11)15-13(8)14;1-10-11-8-6-4-2-3-5-7-9-12(11)15-13(10)14/h2*9-12H,1-7H2;11-12H,1-9H2. The van der Waals surface area contributed by atoms with Crippen molar-refractivity contribution in [3.63, 3.8) is 0 Å². The van der Waals surface area contributed by atoms with Crippen LogP contribution in [0, 0.1) is 41.4 Å². The number of hydrogen-bond acceptors (Lipinski definition) is 6. The summed E-state index contributed by atoms with van der Waals surface area (Å²) in [6, 6.07) is 0. The van der Waals surface area contributed by atoms with E-state index in [0.29, 0.717) is 23.7 Å². The van der Waals surface area contributed by atoms with Crippen LogP contribution in [0.2, 0.25) is 0 Å². The molecule has 0 aromatic rings. The zero-order valence-electron chi connectivity index (χ0n) is 27.5. The molecule has 0 radical (unpaired) electrons. The number of hydrogen-bond donors (Lipinski definition) is 0. The van der Waals surface area contributed by atoms with Gasteiger partial charge in [0.05, 0.1) is 0 Å². The number of fused-ring (bicyclic) bond motifs is 6. The van der Waals surface area contributed by atoms with Crippen LogP contribution in [0.25, 0.3) is 0 Å². The average Bonchev–Trinajstić information content (AvgIpc) is 3.71. The molecule has 3 aliphatic heterocycles. The Labute approximate surface area is 270 Å². The van der Waals surface area contributed by atoms with E-state index in [1.54, 1.807) is 0 Å². The fourth-order valence-corrected chi connectivity index (χ4v) is 9.99. The summed E-state index contributed by atoms with van der Waals surface area (Å²) in [6.07, 6.45) is 25.5. The van der Waals surface area contributed by atoms with E-state index < -0.39 is 0 Å². The summed E-state index contributed by atoms with van der Waals surface area (Å²) in [5.41, 5.74) is 2.20. The maximum Gasteiger partial charge on any atom is 0.334 e. The first-order valence-corrected chi connectivity index (χ1v) is 18.5. The van der Waals surface area contributed by atoms with Crippen molar-refractivity contribution in [2.75, 3.05) is 0 Å². The summed E-state index contributed by atoms with van der Waals surface area (Å²) < 4.78 is 16.3. The van der Waals surface area contributed by atoms with Gasteiger partial charge in [0.25, 0.3) is 0 Å². The lowest BCUT2D eigenvalue weighted by molar-refractivity contribution is -0.142. The van der Waals surface area contributed by atoms with E-state index >= 15 is 0 Å². The first kappa shape index (κ1) is 32.6. The van der Waals surface area contributed by atoms with Crippen molar-refractivity contribution in [2.45, 2.75) is 147 Å². The van der Waals surface area contributed by atoms with Crippen molar-refractivity contribution >= 4 is 17.9 Å². The van der Waals surface area contributed by atoms with Crippen LogP contribution < -0.4 is 0 Å². The molecule has 0 amide bonds. The minimum absolute atomic E-state index is 0.127. The highest BCUT2D eigenvalue weighted by Crippen LogP contribution is 2.49. The molecular weight excluding hydrogens is 564 g/mol. The monoisotopic (exact) mass is 620 g/mol. The highest BCUT2D eigenvalue weighted by atomic mass is 16.6. The van der Waals surface area contributed by atoms with Gasteiger partial charge in [-0.2, -0.15) is 0 Å². The van der Waals surface area contributed by atoms with E-state index in [1.807, 2.05) is 0 Å². The summed E-state index contributed by atoms with van der Waals surface area (Å²) in [7, 11) is 0. The molecule has 6 nitrogen and oxygen atoms in total. The maximum atomic E-state index is 11.5. The third-order valence-electron chi connectivity index (χ3n) is 12.9. The minimum Gasteiger partial charge on any atom is -0.458 e. The predicted molar refractivity (Wildman–Crippen MR) is 174 cm³/mol. The van der Waals surface area contributed by atoms with E-state index in [4.69, 9.17) is 14.2 Å². The Morgan fingerprint density at radius 3 is 1.60 bits per heavy atom. The fraction of sp³-hybridized carbons (Fsp3) is 0.769. The van der Waals surface area contributed by atoms with Crippen LogP contribution in [0.4, 0.5) is 0 Å². The average molecular weight is 621 g/mol. The first-order valence-electron chi connectivity index (χ1n) is 18.5. The van der Waals surface area contributed by atoms with Gasteiger partial charge in [0.15, 0.2) is 0 Å². The van der Waals surface area contributed by atoms with Crippen molar-refractivity contribution in [1.29, 1.82) is 0 Å². The Morgan fingerprint density at radius 1 is 0.422 bits per heavy atom. The Bertz CT molecular complexity index is 1150. The predicted octanol–water partition coefficient (Wildman–Crippen LogP) is 8.59. The van der Waals surface area contributed by atoms with Gasteiger partial charge in [-0.15, -0.1) is 0 Å². The van der Waals surface area contributed by atoms with Crippen molar-refractivity contribution in [3.8, 4) is 0 Å². The smallest absolute Gasteiger partial charge is 0.334 e. The molecule has 3 saturated heterocycles. The third-order valence-corrected chi connectivity index (χ3v) is 12.9. The molecule has 0 aromatic carbocycles. The van der Waals surface area contributed by atoms with Crippen LogP contribution in [0.1, 0.15) is 128 Å². The van der Waals surface area contributed by atoms with Crippen molar-refractivity contribution in [1.82, 2.24) is 0 Å². The van der Waals surface area contributed by atoms with Gasteiger partial charge in [0.1, 0.15) is 18.3 Å². The van der Waals surface area contributed by atoms with E-state index in [-0.39, 0.29) is 36.2 Å². The van der Waals surface area contributed by atoms with Crippen LogP contribution in [0.15, 0.2) is 36.5 Å². The van der Waals surface area contributed by atoms with Crippen LogP contribution in [0.5, 0.6) is 0 Å². The van der Waals surface area contributed by atoms with Gasteiger partial charge < -0.3 is 14.2 Å². The molecule has 0 N–H and O–H groups in total. The number of ether oxygens (including phenoxy) is 3. The lowest BCUT2D eigenvalue weighted by Gasteiger charge is -2.40. The molecule has 5 aliphatic carbocycles. The fourth-order valence-electron chi connectivity index (χ4n) is 9.99. The van der Waals surface area contributed by atoms with E-state index in [9.17, 15) is 14.4 Å². The molecule has 248 valence electrons. The largest absolute Gasteiger partial charge is 0.458 e. The minimum atomic E-state index is -0.149. The van der Waals surface area contributed by atoms with Gasteiger partial charge in [0, 0.05) is 34.5 Å². The zero-order valence-corrected chi connectivity index (χ0v) is 27.5. The van der Waals surface area contributed by atoms with Crippen molar-refractivity contribution < 1.29 is 28.6 Å². The second-order valence-corrected chi connectivity index (χ2v) is 15.4. The number of carbonyl (C=O) groups excluding carboxylic acids is 3. The van der Waals surface area contributed by atoms with Gasteiger partial charge in [-0.1, -0.05) is 90.4 Å². The Hall–Kier alpha value is -2.37. The van der Waals surface area contributed by atoms with E-state index in [0.717, 1.165) is 66.6 Å². The van der Waals surface area contributed by atoms with Crippen LogP contribution in [-0.4, -0.2) is 36.2 Å². The summed E-state index contributed by atoms with van der Waals surface area (Å²) in [4.78, 5) is 34.4. The quantitative estimate of drug-likeness (QED) is 0.153.